The quantitative estimate of drug-likeness (QED) is 0.765. The molecule has 6 heteroatoms. The average Bonchev–Trinajstić information content (AvgIpc) is 2.52. The lowest BCUT2D eigenvalue weighted by Gasteiger charge is -2.08. The third-order valence-corrected chi connectivity index (χ3v) is 3.07. The fourth-order valence-corrected chi connectivity index (χ4v) is 1.99. The number of aliphatic hydroxyl groups excluding tert-OH is 1. The SMILES string of the molecule is CC(O)COc1ccc(-c2cnc3ccc(N)nc3n2)cc1. The molecule has 0 bridgehead atoms. The summed E-state index contributed by atoms with van der Waals surface area (Å²) < 4.78 is 5.43. The molecule has 0 aliphatic carbocycles. The van der Waals surface area contributed by atoms with Crippen LogP contribution in [-0.4, -0.2) is 32.8 Å². The number of fused-ring (bicyclic) bond motifs is 1. The Morgan fingerprint density at radius 2 is 1.91 bits per heavy atom. The molecule has 1 atom stereocenters. The van der Waals surface area contributed by atoms with Crippen LogP contribution < -0.4 is 10.5 Å². The van der Waals surface area contributed by atoms with Crippen LogP contribution in [0.4, 0.5) is 5.82 Å². The first-order valence-electron chi connectivity index (χ1n) is 6.92. The van der Waals surface area contributed by atoms with Gasteiger partial charge in [-0.25, -0.2) is 9.97 Å². The van der Waals surface area contributed by atoms with Crippen molar-refractivity contribution in [2.24, 2.45) is 0 Å². The molecule has 0 saturated carbocycles. The molecule has 0 aliphatic heterocycles. The van der Waals surface area contributed by atoms with Crippen molar-refractivity contribution in [2.75, 3.05) is 12.3 Å². The number of benzene rings is 1. The van der Waals surface area contributed by atoms with Gasteiger partial charge in [0, 0.05) is 5.56 Å². The van der Waals surface area contributed by atoms with Crippen LogP contribution in [0.3, 0.4) is 0 Å². The van der Waals surface area contributed by atoms with E-state index in [1.54, 1.807) is 25.3 Å². The second-order valence-corrected chi connectivity index (χ2v) is 5.02. The first-order valence-corrected chi connectivity index (χ1v) is 6.92. The Balaban J connectivity index is 1.87. The molecule has 2 heterocycles. The smallest absolute Gasteiger partial charge is 0.180 e. The average molecular weight is 296 g/mol. The Kier molecular flexibility index (Phi) is 3.84. The van der Waals surface area contributed by atoms with E-state index in [1.165, 1.54) is 0 Å². The summed E-state index contributed by atoms with van der Waals surface area (Å²) >= 11 is 0. The van der Waals surface area contributed by atoms with E-state index in [4.69, 9.17) is 10.5 Å². The Hall–Kier alpha value is -2.73. The molecule has 0 aliphatic rings. The van der Waals surface area contributed by atoms with Crippen LogP contribution in [0.15, 0.2) is 42.6 Å². The minimum absolute atomic E-state index is 0.262. The highest BCUT2D eigenvalue weighted by Gasteiger charge is 2.05. The molecule has 1 aromatic carbocycles. The summed E-state index contributed by atoms with van der Waals surface area (Å²) in [7, 11) is 0. The number of pyridine rings is 1. The van der Waals surface area contributed by atoms with Crippen LogP contribution in [0.1, 0.15) is 6.92 Å². The molecule has 6 nitrogen and oxygen atoms in total. The number of aliphatic hydroxyl groups is 1. The van der Waals surface area contributed by atoms with Crippen LogP contribution in [-0.2, 0) is 0 Å². The Bertz CT molecular complexity index is 788. The van der Waals surface area contributed by atoms with Gasteiger partial charge in [0.2, 0.25) is 0 Å². The second kappa shape index (κ2) is 5.95. The van der Waals surface area contributed by atoms with E-state index in [0.29, 0.717) is 28.4 Å². The molecule has 2 aromatic heterocycles. The van der Waals surface area contributed by atoms with Crippen molar-refractivity contribution in [3.05, 3.63) is 42.6 Å². The van der Waals surface area contributed by atoms with Gasteiger partial charge >= 0.3 is 0 Å². The fourth-order valence-electron chi connectivity index (χ4n) is 1.99. The zero-order chi connectivity index (χ0) is 15.5. The van der Waals surface area contributed by atoms with Gasteiger partial charge in [0.1, 0.15) is 23.7 Å². The first kappa shape index (κ1) is 14.2. The Morgan fingerprint density at radius 1 is 1.14 bits per heavy atom. The maximum absolute atomic E-state index is 9.21. The minimum atomic E-state index is -0.498. The van der Waals surface area contributed by atoms with Crippen LogP contribution in [0.2, 0.25) is 0 Å². The second-order valence-electron chi connectivity index (χ2n) is 5.02. The van der Waals surface area contributed by atoms with Gasteiger partial charge in [-0.05, 0) is 43.3 Å². The number of nitrogens with two attached hydrogens (primary N) is 1. The van der Waals surface area contributed by atoms with Gasteiger partial charge in [-0.2, -0.15) is 0 Å². The van der Waals surface area contributed by atoms with Gasteiger partial charge in [0.05, 0.1) is 18.0 Å². The van der Waals surface area contributed by atoms with Crippen molar-refractivity contribution < 1.29 is 9.84 Å². The number of ether oxygens (including phenoxy) is 1. The van der Waals surface area contributed by atoms with Crippen LogP contribution in [0.25, 0.3) is 22.4 Å². The molecule has 1 unspecified atom stereocenters. The monoisotopic (exact) mass is 296 g/mol. The molecule has 0 saturated heterocycles. The predicted octanol–water partition coefficient (Wildman–Crippen LogP) is 2.03. The molecule has 0 amide bonds. The number of hydrogen-bond donors (Lipinski definition) is 2. The zero-order valence-electron chi connectivity index (χ0n) is 12.1. The Labute approximate surface area is 127 Å². The van der Waals surface area contributed by atoms with E-state index in [9.17, 15) is 5.11 Å². The van der Waals surface area contributed by atoms with E-state index in [2.05, 4.69) is 15.0 Å². The molecule has 0 radical (unpaired) electrons. The number of nitrogen functional groups attached to an aromatic ring is 1. The molecule has 112 valence electrons. The molecular weight excluding hydrogens is 280 g/mol. The highest BCUT2D eigenvalue weighted by molar-refractivity contribution is 5.74. The van der Waals surface area contributed by atoms with Crippen molar-refractivity contribution in [2.45, 2.75) is 13.0 Å². The van der Waals surface area contributed by atoms with E-state index in [-0.39, 0.29) is 6.61 Å². The van der Waals surface area contributed by atoms with E-state index in [0.717, 1.165) is 5.56 Å². The fraction of sp³-hybridized carbons (Fsp3) is 0.188. The van der Waals surface area contributed by atoms with Gasteiger partial charge < -0.3 is 15.6 Å². The van der Waals surface area contributed by atoms with Crippen molar-refractivity contribution in [3.8, 4) is 17.0 Å². The van der Waals surface area contributed by atoms with Crippen molar-refractivity contribution in [1.82, 2.24) is 15.0 Å². The van der Waals surface area contributed by atoms with E-state index in [1.807, 2.05) is 24.3 Å². The highest BCUT2D eigenvalue weighted by atomic mass is 16.5. The molecule has 3 N–H and O–H groups in total. The maximum Gasteiger partial charge on any atom is 0.180 e. The van der Waals surface area contributed by atoms with Crippen molar-refractivity contribution in [1.29, 1.82) is 0 Å². The van der Waals surface area contributed by atoms with E-state index < -0.39 is 6.10 Å². The van der Waals surface area contributed by atoms with Crippen LogP contribution in [0.5, 0.6) is 5.75 Å². The summed E-state index contributed by atoms with van der Waals surface area (Å²) in [5.74, 6) is 1.11. The van der Waals surface area contributed by atoms with Gasteiger partial charge in [0.25, 0.3) is 0 Å². The molecule has 3 aromatic rings. The summed E-state index contributed by atoms with van der Waals surface area (Å²) in [6.07, 6.45) is 1.20. The zero-order valence-corrected chi connectivity index (χ0v) is 12.1. The topological polar surface area (TPSA) is 94.2 Å². The third kappa shape index (κ3) is 3.12. The molecule has 0 spiro atoms. The van der Waals surface area contributed by atoms with Gasteiger partial charge in [-0.1, -0.05) is 0 Å². The van der Waals surface area contributed by atoms with E-state index >= 15 is 0 Å². The largest absolute Gasteiger partial charge is 0.491 e. The third-order valence-electron chi connectivity index (χ3n) is 3.07. The summed E-state index contributed by atoms with van der Waals surface area (Å²) in [5.41, 5.74) is 8.52. The normalized spacial score (nSPS) is 12.3. The van der Waals surface area contributed by atoms with Gasteiger partial charge in [-0.3, -0.25) is 4.98 Å². The highest BCUT2D eigenvalue weighted by Crippen LogP contribution is 2.22. The minimum Gasteiger partial charge on any atom is -0.491 e. The van der Waals surface area contributed by atoms with Crippen molar-refractivity contribution >= 4 is 17.0 Å². The summed E-state index contributed by atoms with van der Waals surface area (Å²) in [6, 6.07) is 10.9. The predicted molar refractivity (Wildman–Crippen MR) is 84.4 cm³/mol. The Morgan fingerprint density at radius 3 is 2.64 bits per heavy atom. The lowest BCUT2D eigenvalue weighted by molar-refractivity contribution is 0.123. The number of nitrogens with zero attached hydrogens (tertiary/aromatic N) is 3. The maximum atomic E-state index is 9.21. The van der Waals surface area contributed by atoms with Crippen LogP contribution >= 0.6 is 0 Å². The van der Waals surface area contributed by atoms with Crippen LogP contribution in [0, 0.1) is 0 Å². The summed E-state index contributed by atoms with van der Waals surface area (Å²) in [6.45, 7) is 1.94. The number of aromatic nitrogens is 3. The summed E-state index contributed by atoms with van der Waals surface area (Å²) in [5, 5.41) is 9.21. The van der Waals surface area contributed by atoms with Gasteiger partial charge in [-0.15, -0.1) is 0 Å². The molecule has 22 heavy (non-hydrogen) atoms. The standard InChI is InChI=1S/C16H16N4O2/c1-10(21)9-22-12-4-2-11(3-5-12)14-8-18-13-6-7-15(17)20-16(13)19-14/h2-8,10,21H,9H2,1H3,(H2,17,19,20). The number of anilines is 1. The van der Waals surface area contributed by atoms with Gasteiger partial charge in [0.15, 0.2) is 5.65 Å². The molecular formula is C16H16N4O2. The summed E-state index contributed by atoms with van der Waals surface area (Å²) in [4.78, 5) is 13.0. The first-order chi connectivity index (χ1) is 10.6. The molecule has 0 fully saturated rings. The lowest BCUT2D eigenvalue weighted by atomic mass is 10.1. The number of rotatable bonds is 4. The van der Waals surface area contributed by atoms with Crippen molar-refractivity contribution in [3.63, 3.8) is 0 Å². The molecule has 3 rings (SSSR count). The number of hydrogen-bond acceptors (Lipinski definition) is 6. The lowest BCUT2D eigenvalue weighted by Crippen LogP contribution is -2.12.